The molecule has 1 unspecified atom stereocenters. The third-order valence-corrected chi connectivity index (χ3v) is 2.85. The first-order chi connectivity index (χ1) is 8.88. The summed E-state index contributed by atoms with van der Waals surface area (Å²) in [7, 11) is 0. The molecule has 6 heteroatoms. The first-order valence-corrected chi connectivity index (χ1v) is 5.69. The van der Waals surface area contributed by atoms with Crippen molar-refractivity contribution in [3.63, 3.8) is 0 Å². The van der Waals surface area contributed by atoms with Crippen molar-refractivity contribution in [2.75, 3.05) is 0 Å². The Morgan fingerprint density at radius 2 is 2.11 bits per heavy atom. The smallest absolute Gasteiger partial charge is 0.379 e. The molecule has 0 aliphatic heterocycles. The number of aliphatic hydroxyl groups is 1. The first kappa shape index (κ1) is 13.6. The molecule has 19 heavy (non-hydrogen) atoms. The number of aromatic nitrogens is 2. The van der Waals surface area contributed by atoms with Crippen LogP contribution in [0.15, 0.2) is 36.8 Å². The number of alkyl halides is 3. The average Bonchev–Trinajstić information content (AvgIpc) is 2.78. The van der Waals surface area contributed by atoms with Gasteiger partial charge in [0.05, 0.1) is 12.2 Å². The normalized spacial score (nSPS) is 13.5. The zero-order valence-corrected chi connectivity index (χ0v) is 10.2. The summed E-state index contributed by atoms with van der Waals surface area (Å²) in [5.74, 6) is 0. The summed E-state index contributed by atoms with van der Waals surface area (Å²) in [5.41, 5.74) is 1.58. The molecule has 102 valence electrons. The van der Waals surface area contributed by atoms with Gasteiger partial charge in [-0.15, -0.1) is 0 Å². The Bertz CT molecular complexity index is 563. The van der Waals surface area contributed by atoms with Crippen molar-refractivity contribution in [3.05, 3.63) is 53.6 Å². The predicted octanol–water partition coefficient (Wildman–Crippen LogP) is 2.84. The van der Waals surface area contributed by atoms with E-state index in [2.05, 4.69) is 4.98 Å². The monoisotopic (exact) mass is 270 g/mol. The highest BCUT2D eigenvalue weighted by Crippen LogP contribution is 2.32. The van der Waals surface area contributed by atoms with Crippen molar-refractivity contribution in [2.45, 2.75) is 25.7 Å². The fourth-order valence-electron chi connectivity index (χ4n) is 1.77. The number of aliphatic hydroxyl groups excluding tert-OH is 1. The van der Waals surface area contributed by atoms with Crippen molar-refractivity contribution in [1.29, 1.82) is 0 Å². The first-order valence-electron chi connectivity index (χ1n) is 5.69. The lowest BCUT2D eigenvalue weighted by Crippen LogP contribution is -2.19. The van der Waals surface area contributed by atoms with Crippen LogP contribution in [0, 0.1) is 6.92 Å². The van der Waals surface area contributed by atoms with Gasteiger partial charge in [-0.1, -0.05) is 6.07 Å². The van der Waals surface area contributed by atoms with Gasteiger partial charge in [0.2, 0.25) is 0 Å². The van der Waals surface area contributed by atoms with E-state index in [4.69, 9.17) is 5.11 Å². The molecular weight excluding hydrogens is 257 g/mol. The van der Waals surface area contributed by atoms with Gasteiger partial charge in [-0.3, -0.25) is 4.98 Å². The van der Waals surface area contributed by atoms with E-state index in [0.29, 0.717) is 6.54 Å². The van der Waals surface area contributed by atoms with Crippen LogP contribution in [0.2, 0.25) is 0 Å². The van der Waals surface area contributed by atoms with Crippen LogP contribution in [-0.2, 0) is 6.54 Å². The van der Waals surface area contributed by atoms with Gasteiger partial charge in [-0.25, -0.2) is 0 Å². The van der Waals surface area contributed by atoms with E-state index in [1.165, 1.54) is 18.5 Å². The summed E-state index contributed by atoms with van der Waals surface area (Å²) in [6.07, 6.45) is -2.67. The Balaban J connectivity index is 2.16. The topological polar surface area (TPSA) is 38.0 Å². The number of hydrogen-bond acceptors (Lipinski definition) is 2. The second-order valence-electron chi connectivity index (χ2n) is 4.33. The standard InChI is InChI=1S/C13H13F3N2O/c1-9-3-2-5-17-11(9)8-18-6-4-10(7-18)12(19)13(14,15)16/h2-7,12,19H,8H2,1H3. The highest BCUT2D eigenvalue weighted by atomic mass is 19.4. The molecule has 0 radical (unpaired) electrons. The van der Waals surface area contributed by atoms with E-state index >= 15 is 0 Å². The van der Waals surface area contributed by atoms with Gasteiger partial charge in [0.15, 0.2) is 6.10 Å². The van der Waals surface area contributed by atoms with E-state index in [1.807, 2.05) is 13.0 Å². The molecule has 0 fully saturated rings. The number of pyridine rings is 1. The van der Waals surface area contributed by atoms with Crippen LogP contribution < -0.4 is 0 Å². The molecule has 0 aliphatic rings. The number of nitrogens with zero attached hydrogens (tertiary/aromatic N) is 2. The summed E-state index contributed by atoms with van der Waals surface area (Å²) in [6, 6.07) is 4.95. The Kier molecular flexibility index (Phi) is 3.61. The van der Waals surface area contributed by atoms with Crippen molar-refractivity contribution in [2.24, 2.45) is 0 Å². The van der Waals surface area contributed by atoms with Crippen LogP contribution in [0.5, 0.6) is 0 Å². The molecule has 0 saturated heterocycles. The molecule has 0 saturated carbocycles. The third kappa shape index (κ3) is 3.14. The summed E-state index contributed by atoms with van der Waals surface area (Å²) < 4.78 is 38.7. The van der Waals surface area contributed by atoms with E-state index in [0.717, 1.165) is 11.3 Å². The van der Waals surface area contributed by atoms with Crippen molar-refractivity contribution in [3.8, 4) is 0 Å². The minimum Gasteiger partial charge on any atom is -0.379 e. The minimum absolute atomic E-state index is 0.166. The van der Waals surface area contributed by atoms with Gasteiger partial charge in [0, 0.05) is 24.2 Å². The molecule has 0 aromatic carbocycles. The zero-order chi connectivity index (χ0) is 14.0. The second-order valence-corrected chi connectivity index (χ2v) is 4.33. The maximum absolute atomic E-state index is 12.4. The lowest BCUT2D eigenvalue weighted by Gasteiger charge is -2.12. The van der Waals surface area contributed by atoms with Crippen molar-refractivity contribution < 1.29 is 18.3 Å². The number of hydrogen-bond donors (Lipinski definition) is 1. The van der Waals surface area contributed by atoms with Crippen LogP contribution >= 0.6 is 0 Å². The number of rotatable bonds is 3. The minimum atomic E-state index is -4.65. The lowest BCUT2D eigenvalue weighted by atomic mass is 10.2. The lowest BCUT2D eigenvalue weighted by molar-refractivity contribution is -0.206. The molecule has 1 N–H and O–H groups in total. The summed E-state index contributed by atoms with van der Waals surface area (Å²) >= 11 is 0. The maximum atomic E-state index is 12.4. The van der Waals surface area contributed by atoms with Crippen LogP contribution in [0.4, 0.5) is 13.2 Å². The zero-order valence-electron chi connectivity index (χ0n) is 10.2. The Morgan fingerprint density at radius 1 is 1.37 bits per heavy atom. The molecule has 2 aromatic rings. The van der Waals surface area contributed by atoms with Crippen LogP contribution in [-0.4, -0.2) is 20.8 Å². The van der Waals surface area contributed by atoms with E-state index < -0.39 is 12.3 Å². The highest BCUT2D eigenvalue weighted by Gasteiger charge is 2.39. The largest absolute Gasteiger partial charge is 0.418 e. The number of aryl methyl sites for hydroxylation is 1. The molecule has 3 nitrogen and oxygen atoms in total. The van der Waals surface area contributed by atoms with Gasteiger partial charge >= 0.3 is 6.18 Å². The Labute approximate surface area is 108 Å². The van der Waals surface area contributed by atoms with Gasteiger partial charge in [0.1, 0.15) is 0 Å². The molecule has 2 aromatic heterocycles. The molecule has 2 rings (SSSR count). The van der Waals surface area contributed by atoms with Gasteiger partial charge < -0.3 is 9.67 Å². The summed E-state index contributed by atoms with van der Waals surface area (Å²) in [4.78, 5) is 4.17. The van der Waals surface area contributed by atoms with Gasteiger partial charge in [-0.05, 0) is 24.6 Å². The van der Waals surface area contributed by atoms with Gasteiger partial charge in [0.25, 0.3) is 0 Å². The van der Waals surface area contributed by atoms with Crippen molar-refractivity contribution in [1.82, 2.24) is 9.55 Å². The molecule has 2 heterocycles. The fourth-order valence-corrected chi connectivity index (χ4v) is 1.77. The van der Waals surface area contributed by atoms with Crippen molar-refractivity contribution >= 4 is 0 Å². The molecule has 0 bridgehead atoms. The summed E-state index contributed by atoms with van der Waals surface area (Å²) in [5, 5.41) is 9.14. The average molecular weight is 270 g/mol. The third-order valence-electron chi connectivity index (χ3n) is 2.85. The molecule has 0 spiro atoms. The molecule has 1 atom stereocenters. The molecular formula is C13H13F3N2O. The van der Waals surface area contributed by atoms with E-state index in [-0.39, 0.29) is 5.56 Å². The highest BCUT2D eigenvalue weighted by molar-refractivity contribution is 5.20. The quantitative estimate of drug-likeness (QED) is 0.931. The fraction of sp³-hybridized carbons (Fsp3) is 0.308. The molecule has 0 amide bonds. The Morgan fingerprint density at radius 3 is 2.74 bits per heavy atom. The SMILES string of the molecule is Cc1cccnc1Cn1ccc(C(O)C(F)(F)F)c1. The second kappa shape index (κ2) is 5.05. The van der Waals surface area contributed by atoms with Crippen LogP contribution in [0.3, 0.4) is 0 Å². The summed E-state index contributed by atoms with van der Waals surface area (Å²) in [6.45, 7) is 2.26. The number of halogens is 3. The molecule has 0 aliphatic carbocycles. The Hall–Kier alpha value is -1.82. The van der Waals surface area contributed by atoms with E-state index in [1.54, 1.807) is 16.8 Å². The maximum Gasteiger partial charge on any atom is 0.418 e. The predicted molar refractivity (Wildman–Crippen MR) is 63.5 cm³/mol. The van der Waals surface area contributed by atoms with Crippen LogP contribution in [0.1, 0.15) is 22.9 Å². The van der Waals surface area contributed by atoms with Crippen LogP contribution in [0.25, 0.3) is 0 Å². The van der Waals surface area contributed by atoms with Gasteiger partial charge in [-0.2, -0.15) is 13.2 Å². The van der Waals surface area contributed by atoms with E-state index in [9.17, 15) is 13.2 Å².